The van der Waals surface area contributed by atoms with E-state index in [-0.39, 0.29) is 24.3 Å². The van der Waals surface area contributed by atoms with Crippen molar-refractivity contribution in [2.75, 3.05) is 36.4 Å². The number of aryl methyl sites for hydroxylation is 1. The van der Waals surface area contributed by atoms with Crippen molar-refractivity contribution >= 4 is 57.3 Å². The minimum absolute atomic E-state index is 0.185. The second-order valence-corrected chi connectivity index (χ2v) is 11.8. The number of benzene rings is 3. The number of amides is 2. The summed E-state index contributed by atoms with van der Waals surface area (Å²) in [6.45, 7) is 6.71. The minimum atomic E-state index is -0.764. The lowest BCUT2D eigenvalue weighted by Crippen LogP contribution is -2.46. The van der Waals surface area contributed by atoms with E-state index in [4.69, 9.17) is 23.2 Å². The Morgan fingerprint density at radius 1 is 0.930 bits per heavy atom. The molecule has 0 spiro atoms. The van der Waals surface area contributed by atoms with Crippen molar-refractivity contribution in [2.45, 2.75) is 38.9 Å². The smallest absolute Gasteiger partial charge is 0.264 e. The first-order valence-corrected chi connectivity index (χ1v) is 15.1. The second-order valence-electron chi connectivity index (χ2n) is 11.0. The highest BCUT2D eigenvalue weighted by atomic mass is 35.5. The lowest BCUT2D eigenvalue weighted by Gasteiger charge is -2.36. The van der Waals surface area contributed by atoms with Crippen LogP contribution in [0.15, 0.2) is 65.5 Å². The van der Waals surface area contributed by atoms with Crippen molar-refractivity contribution in [1.82, 2.24) is 19.8 Å². The number of carbonyl (C=O) groups is 2. The molecule has 1 atom stereocenters. The Kier molecular flexibility index (Phi) is 8.38. The lowest BCUT2D eigenvalue weighted by atomic mass is 10.1. The lowest BCUT2D eigenvalue weighted by molar-refractivity contribution is -0.135. The number of anilines is 2. The fourth-order valence-corrected chi connectivity index (χ4v) is 6.31. The van der Waals surface area contributed by atoms with Gasteiger partial charge in [0.25, 0.3) is 5.56 Å². The number of piperidine rings is 1. The van der Waals surface area contributed by atoms with Gasteiger partial charge in [0.05, 0.1) is 26.6 Å². The fraction of sp³-hybridized carbons (Fsp3) is 0.312. The molecule has 3 aromatic carbocycles. The molecule has 1 unspecified atom stereocenters. The summed E-state index contributed by atoms with van der Waals surface area (Å²) in [5.74, 6) is -0.356. The van der Waals surface area contributed by atoms with Gasteiger partial charge in [-0.1, -0.05) is 59.6 Å². The second kappa shape index (κ2) is 12.4. The third-order valence-corrected chi connectivity index (χ3v) is 8.99. The number of aromatic nitrogens is 2. The molecule has 4 aromatic rings. The number of hydrogen-bond acceptors (Lipinski definition) is 7. The number of imide groups is 1. The highest BCUT2D eigenvalue weighted by molar-refractivity contribution is 6.43. The summed E-state index contributed by atoms with van der Waals surface area (Å²) < 4.78 is 1.41. The van der Waals surface area contributed by atoms with Crippen molar-refractivity contribution < 1.29 is 9.59 Å². The van der Waals surface area contributed by atoms with Crippen LogP contribution in [0.5, 0.6) is 0 Å². The molecule has 0 bridgehead atoms. The van der Waals surface area contributed by atoms with Crippen LogP contribution >= 0.6 is 23.2 Å². The number of rotatable bonds is 7. The van der Waals surface area contributed by atoms with Gasteiger partial charge >= 0.3 is 0 Å². The molecule has 2 saturated heterocycles. The molecule has 1 aromatic heterocycles. The van der Waals surface area contributed by atoms with E-state index in [9.17, 15) is 14.4 Å². The van der Waals surface area contributed by atoms with Crippen LogP contribution in [0.25, 0.3) is 10.9 Å². The Morgan fingerprint density at radius 3 is 2.40 bits per heavy atom. The number of hydrogen-bond donors (Lipinski definition) is 2. The molecule has 2 fully saturated rings. The highest BCUT2D eigenvalue weighted by Gasteiger charge is 2.31. The maximum Gasteiger partial charge on any atom is 0.264 e. The monoisotopic (exact) mass is 618 g/mol. The average Bonchev–Trinajstić information content (AvgIpc) is 2.99. The van der Waals surface area contributed by atoms with Gasteiger partial charge in [-0.15, -0.1) is 0 Å². The maximum absolute atomic E-state index is 13.7. The van der Waals surface area contributed by atoms with Crippen LogP contribution in [0.1, 0.15) is 35.8 Å². The molecular weight excluding hydrogens is 587 g/mol. The van der Waals surface area contributed by atoms with E-state index in [0.717, 1.165) is 44.0 Å². The van der Waals surface area contributed by atoms with Crippen molar-refractivity contribution in [2.24, 2.45) is 0 Å². The summed E-state index contributed by atoms with van der Waals surface area (Å²) in [7, 11) is 0. The van der Waals surface area contributed by atoms with Crippen molar-refractivity contribution in [3.63, 3.8) is 0 Å². The van der Waals surface area contributed by atoms with Gasteiger partial charge in [-0.25, -0.2) is 4.98 Å². The van der Waals surface area contributed by atoms with Crippen LogP contribution in [0, 0.1) is 6.92 Å². The summed E-state index contributed by atoms with van der Waals surface area (Å²) in [6.07, 6.45) is 0.455. The molecule has 6 rings (SSSR count). The molecule has 2 aliphatic rings. The Bertz CT molecular complexity index is 1750. The van der Waals surface area contributed by atoms with Gasteiger partial charge in [0.15, 0.2) is 0 Å². The van der Waals surface area contributed by atoms with E-state index in [0.29, 0.717) is 39.0 Å². The third-order valence-electron chi connectivity index (χ3n) is 8.18. The topological polar surface area (TPSA) is 99.6 Å². The molecule has 3 heterocycles. The quantitative estimate of drug-likeness (QED) is 0.284. The Morgan fingerprint density at radius 2 is 1.65 bits per heavy atom. The van der Waals surface area contributed by atoms with E-state index in [1.807, 2.05) is 30.3 Å². The molecule has 43 heavy (non-hydrogen) atoms. The Labute approximate surface area is 259 Å². The van der Waals surface area contributed by atoms with Crippen LogP contribution in [-0.4, -0.2) is 52.4 Å². The normalized spacial score (nSPS) is 17.7. The SMILES string of the molecule is Cc1nc2cccc(NCc3ccc(CN4CCN(c5cccc(Cl)c5Cl)CC4)cc3)c2c(=O)n1C1CCC(=O)NC1=O. The van der Waals surface area contributed by atoms with Crippen LogP contribution in [0.2, 0.25) is 10.0 Å². The predicted molar refractivity (Wildman–Crippen MR) is 170 cm³/mol. The molecule has 9 nitrogen and oxygen atoms in total. The van der Waals surface area contributed by atoms with Gasteiger partial charge in [-0.3, -0.25) is 29.2 Å². The number of nitrogens with one attached hydrogen (secondary N) is 2. The molecule has 0 saturated carbocycles. The molecule has 0 radical (unpaired) electrons. The van der Waals surface area contributed by atoms with Crippen LogP contribution < -0.4 is 21.1 Å². The van der Waals surface area contributed by atoms with Crippen molar-refractivity contribution in [3.8, 4) is 0 Å². The summed E-state index contributed by atoms with van der Waals surface area (Å²) >= 11 is 12.6. The number of piperazine rings is 1. The summed E-state index contributed by atoms with van der Waals surface area (Å²) in [4.78, 5) is 47.2. The van der Waals surface area contributed by atoms with Gasteiger partial charge in [0.1, 0.15) is 11.9 Å². The molecule has 0 aliphatic carbocycles. The zero-order chi connectivity index (χ0) is 30.1. The van der Waals surface area contributed by atoms with E-state index < -0.39 is 11.9 Å². The van der Waals surface area contributed by atoms with E-state index >= 15 is 0 Å². The predicted octanol–water partition coefficient (Wildman–Crippen LogP) is 4.92. The molecule has 2 N–H and O–H groups in total. The van der Waals surface area contributed by atoms with Crippen molar-refractivity contribution in [3.05, 3.63) is 98.0 Å². The molecule has 11 heteroatoms. The first-order valence-electron chi connectivity index (χ1n) is 14.4. The van der Waals surface area contributed by atoms with Crippen LogP contribution in [0.3, 0.4) is 0 Å². The standard InChI is InChI=1S/C32H32Cl2N6O3/c1-20-36-25-6-3-5-24(29(25)32(43)40(20)27-12-13-28(41)37-31(27)42)35-18-21-8-10-22(11-9-21)19-38-14-16-39(17-15-38)26-7-2-4-23(33)30(26)34/h2-11,27,35H,12-19H2,1H3,(H,37,41,42). The first kappa shape index (κ1) is 29.2. The van der Waals surface area contributed by atoms with Gasteiger partial charge in [0.2, 0.25) is 11.8 Å². The Balaban J connectivity index is 1.11. The minimum Gasteiger partial charge on any atom is -0.380 e. The van der Waals surface area contributed by atoms with Crippen molar-refractivity contribution in [1.29, 1.82) is 0 Å². The first-order chi connectivity index (χ1) is 20.8. The Hall–Kier alpha value is -3.92. The van der Waals surface area contributed by atoms with Gasteiger partial charge in [-0.05, 0) is 48.7 Å². The van der Waals surface area contributed by atoms with E-state index in [1.54, 1.807) is 13.0 Å². The van der Waals surface area contributed by atoms with Gasteiger partial charge in [0, 0.05) is 51.4 Å². The van der Waals surface area contributed by atoms with Gasteiger partial charge < -0.3 is 10.2 Å². The van der Waals surface area contributed by atoms with E-state index in [2.05, 4.69) is 49.7 Å². The number of carbonyl (C=O) groups excluding carboxylic acids is 2. The molecular formula is C32H32Cl2N6O3. The third kappa shape index (κ3) is 6.11. The molecule has 2 aliphatic heterocycles. The molecule has 222 valence electrons. The molecule has 2 amide bonds. The van der Waals surface area contributed by atoms with Gasteiger partial charge in [-0.2, -0.15) is 0 Å². The fourth-order valence-electron chi connectivity index (χ4n) is 5.90. The number of nitrogens with zero attached hydrogens (tertiary/aromatic N) is 4. The zero-order valence-electron chi connectivity index (χ0n) is 23.8. The average molecular weight is 620 g/mol. The summed E-state index contributed by atoms with van der Waals surface area (Å²) in [5, 5.41) is 7.35. The number of fused-ring (bicyclic) bond motifs is 1. The summed E-state index contributed by atoms with van der Waals surface area (Å²) in [6, 6.07) is 19.0. The van der Waals surface area contributed by atoms with Crippen LogP contribution in [-0.2, 0) is 22.7 Å². The summed E-state index contributed by atoms with van der Waals surface area (Å²) in [5.41, 5.74) is 4.20. The van der Waals surface area contributed by atoms with Crippen LogP contribution in [0.4, 0.5) is 11.4 Å². The zero-order valence-corrected chi connectivity index (χ0v) is 25.3. The van der Waals surface area contributed by atoms with E-state index in [1.165, 1.54) is 10.1 Å². The maximum atomic E-state index is 13.7. The number of halogens is 2. The highest BCUT2D eigenvalue weighted by Crippen LogP contribution is 2.33. The largest absolute Gasteiger partial charge is 0.380 e.